The molecule has 0 unspecified atom stereocenters. The minimum absolute atomic E-state index is 0.161. The van der Waals surface area contributed by atoms with E-state index in [0.29, 0.717) is 11.6 Å². The highest BCUT2D eigenvalue weighted by molar-refractivity contribution is 6.08. The minimum Gasteiger partial charge on any atom is -0.505 e. The maximum atomic E-state index is 12.4. The van der Waals surface area contributed by atoms with Crippen molar-refractivity contribution in [2.75, 3.05) is 11.1 Å². The van der Waals surface area contributed by atoms with E-state index in [-0.39, 0.29) is 22.9 Å². The summed E-state index contributed by atoms with van der Waals surface area (Å²) in [7, 11) is 0. The number of nitrogens with two attached hydrogens (primary N) is 1. The van der Waals surface area contributed by atoms with Crippen LogP contribution in [0.1, 0.15) is 28.4 Å². The van der Waals surface area contributed by atoms with E-state index in [1.807, 2.05) is 24.3 Å². The second kappa shape index (κ2) is 5.56. The summed E-state index contributed by atoms with van der Waals surface area (Å²) < 4.78 is 0. The van der Waals surface area contributed by atoms with Crippen LogP contribution in [0.5, 0.6) is 5.75 Å². The van der Waals surface area contributed by atoms with E-state index < -0.39 is 0 Å². The van der Waals surface area contributed by atoms with Crippen molar-refractivity contribution in [3.8, 4) is 5.75 Å². The normalized spacial score (nSPS) is 16.1. The molecule has 0 radical (unpaired) electrons. The summed E-state index contributed by atoms with van der Waals surface area (Å²) in [5.41, 5.74) is 8.95. The predicted molar refractivity (Wildman–Crippen MR) is 88.8 cm³/mol. The van der Waals surface area contributed by atoms with Crippen LogP contribution in [0.2, 0.25) is 0 Å². The number of nitrogen functional groups attached to an aromatic ring is 1. The first-order valence-corrected chi connectivity index (χ1v) is 7.25. The number of carbonyl (C=O) groups excluding carboxylic acids is 1. The molecule has 2 aromatic rings. The van der Waals surface area contributed by atoms with Gasteiger partial charge in [0.1, 0.15) is 0 Å². The SMILES string of the molecule is C[C@@H]1C=Cc2c(cc(C(=O)Nc3ccccc3)c(O)c2N)C1. The lowest BCUT2D eigenvalue weighted by Crippen LogP contribution is -2.15. The number of hydrogen-bond acceptors (Lipinski definition) is 3. The van der Waals surface area contributed by atoms with Crippen LogP contribution in [-0.2, 0) is 6.42 Å². The van der Waals surface area contributed by atoms with Crippen LogP contribution in [0.25, 0.3) is 6.08 Å². The van der Waals surface area contributed by atoms with Crippen LogP contribution in [0, 0.1) is 5.92 Å². The van der Waals surface area contributed by atoms with Crippen molar-refractivity contribution in [2.45, 2.75) is 13.3 Å². The molecule has 2 aromatic carbocycles. The lowest BCUT2D eigenvalue weighted by atomic mass is 9.88. The number of allylic oxidation sites excluding steroid dienone is 1. The molecule has 0 bridgehead atoms. The number of phenolic OH excluding ortho intramolecular Hbond substituents is 1. The number of amides is 1. The Balaban J connectivity index is 1.97. The van der Waals surface area contributed by atoms with Crippen molar-refractivity contribution in [3.05, 3.63) is 59.2 Å². The maximum Gasteiger partial charge on any atom is 0.259 e. The Bertz CT molecular complexity index is 751. The quantitative estimate of drug-likeness (QED) is 0.586. The van der Waals surface area contributed by atoms with Gasteiger partial charge in [-0.2, -0.15) is 0 Å². The van der Waals surface area contributed by atoms with E-state index in [4.69, 9.17) is 5.73 Å². The van der Waals surface area contributed by atoms with Gasteiger partial charge in [-0.3, -0.25) is 4.79 Å². The van der Waals surface area contributed by atoms with Crippen LogP contribution in [0.15, 0.2) is 42.5 Å². The molecule has 0 saturated heterocycles. The molecule has 0 aliphatic heterocycles. The molecule has 0 fully saturated rings. The number of aromatic hydroxyl groups is 1. The first-order valence-electron chi connectivity index (χ1n) is 7.25. The average molecular weight is 294 g/mol. The van der Waals surface area contributed by atoms with E-state index in [9.17, 15) is 9.90 Å². The highest BCUT2D eigenvalue weighted by atomic mass is 16.3. The summed E-state index contributed by atoms with van der Waals surface area (Å²) in [5, 5.41) is 13.0. The molecule has 4 heteroatoms. The van der Waals surface area contributed by atoms with E-state index in [1.54, 1.807) is 18.2 Å². The Morgan fingerprint density at radius 3 is 2.77 bits per heavy atom. The molecule has 4 nitrogen and oxygen atoms in total. The Kier molecular flexibility index (Phi) is 3.59. The molecule has 22 heavy (non-hydrogen) atoms. The second-order valence-corrected chi connectivity index (χ2v) is 5.62. The Labute approximate surface area is 129 Å². The van der Waals surface area contributed by atoms with Gasteiger partial charge in [0.2, 0.25) is 0 Å². The number of fused-ring (bicyclic) bond motifs is 1. The fourth-order valence-corrected chi connectivity index (χ4v) is 2.70. The van der Waals surface area contributed by atoms with E-state index >= 15 is 0 Å². The van der Waals surface area contributed by atoms with Crippen molar-refractivity contribution < 1.29 is 9.90 Å². The van der Waals surface area contributed by atoms with Gasteiger partial charge >= 0.3 is 0 Å². The number of anilines is 2. The minimum atomic E-state index is -0.361. The smallest absolute Gasteiger partial charge is 0.259 e. The summed E-state index contributed by atoms with van der Waals surface area (Å²) in [4.78, 5) is 12.4. The summed E-state index contributed by atoms with van der Waals surface area (Å²) in [5.74, 6) is -0.131. The van der Waals surface area contributed by atoms with Gasteiger partial charge in [-0.05, 0) is 36.1 Å². The lowest BCUT2D eigenvalue weighted by Gasteiger charge is -2.20. The summed E-state index contributed by atoms with van der Waals surface area (Å²) in [6.07, 6.45) is 4.78. The number of para-hydroxylation sites is 1. The van der Waals surface area contributed by atoms with E-state index in [1.165, 1.54) is 0 Å². The third-order valence-electron chi connectivity index (χ3n) is 3.87. The van der Waals surface area contributed by atoms with Gasteiger partial charge in [0.15, 0.2) is 5.75 Å². The first-order chi connectivity index (χ1) is 10.6. The van der Waals surface area contributed by atoms with Gasteiger partial charge in [0.05, 0.1) is 11.3 Å². The molecule has 4 N–H and O–H groups in total. The highest BCUT2D eigenvalue weighted by Crippen LogP contribution is 2.36. The van der Waals surface area contributed by atoms with Crippen LogP contribution in [0.4, 0.5) is 11.4 Å². The molecule has 0 spiro atoms. The number of rotatable bonds is 2. The van der Waals surface area contributed by atoms with Gasteiger partial charge in [-0.15, -0.1) is 0 Å². The number of carbonyl (C=O) groups is 1. The lowest BCUT2D eigenvalue weighted by molar-refractivity contribution is 0.102. The molecule has 1 atom stereocenters. The number of benzene rings is 2. The molecule has 0 aromatic heterocycles. The third kappa shape index (κ3) is 2.55. The molecule has 1 aliphatic carbocycles. The molecule has 3 rings (SSSR count). The topological polar surface area (TPSA) is 75.3 Å². The maximum absolute atomic E-state index is 12.4. The van der Waals surface area contributed by atoms with Crippen molar-refractivity contribution in [3.63, 3.8) is 0 Å². The largest absolute Gasteiger partial charge is 0.505 e. The van der Waals surface area contributed by atoms with Crippen LogP contribution >= 0.6 is 0 Å². The Morgan fingerprint density at radius 2 is 2.05 bits per heavy atom. The van der Waals surface area contributed by atoms with E-state index in [0.717, 1.165) is 17.5 Å². The monoisotopic (exact) mass is 294 g/mol. The van der Waals surface area contributed by atoms with Crippen molar-refractivity contribution in [1.29, 1.82) is 0 Å². The average Bonchev–Trinajstić information content (AvgIpc) is 2.51. The Hall–Kier alpha value is -2.75. The summed E-state index contributed by atoms with van der Waals surface area (Å²) in [6.45, 7) is 2.10. The van der Waals surface area contributed by atoms with Gasteiger partial charge < -0.3 is 16.2 Å². The third-order valence-corrected chi connectivity index (χ3v) is 3.87. The zero-order valence-electron chi connectivity index (χ0n) is 12.3. The molecular formula is C18H18N2O2. The highest BCUT2D eigenvalue weighted by Gasteiger charge is 2.21. The molecule has 1 amide bonds. The number of hydrogen-bond donors (Lipinski definition) is 3. The predicted octanol–water partition coefficient (Wildman–Crippen LogP) is 3.43. The fraction of sp³-hybridized carbons (Fsp3) is 0.167. The van der Waals surface area contributed by atoms with Crippen LogP contribution in [0.3, 0.4) is 0 Å². The van der Waals surface area contributed by atoms with Crippen molar-refractivity contribution in [1.82, 2.24) is 0 Å². The standard InChI is InChI=1S/C18H18N2O2/c1-11-7-8-14-12(9-11)10-15(17(21)16(14)19)18(22)20-13-5-3-2-4-6-13/h2-8,10-11,21H,9,19H2,1H3,(H,20,22)/t11-/m1/s1. The molecule has 0 heterocycles. The molecule has 1 aliphatic rings. The number of nitrogens with one attached hydrogen (secondary N) is 1. The van der Waals surface area contributed by atoms with Crippen LogP contribution in [-0.4, -0.2) is 11.0 Å². The summed E-state index contributed by atoms with van der Waals surface area (Å²) >= 11 is 0. The van der Waals surface area contributed by atoms with Gasteiger partial charge in [0.25, 0.3) is 5.91 Å². The second-order valence-electron chi connectivity index (χ2n) is 5.62. The zero-order chi connectivity index (χ0) is 15.7. The van der Waals surface area contributed by atoms with Gasteiger partial charge in [-0.1, -0.05) is 37.3 Å². The Morgan fingerprint density at radius 1 is 1.32 bits per heavy atom. The van der Waals surface area contributed by atoms with Gasteiger partial charge in [0, 0.05) is 11.3 Å². The first kappa shape index (κ1) is 14.2. The van der Waals surface area contributed by atoms with Crippen molar-refractivity contribution >= 4 is 23.4 Å². The molecular weight excluding hydrogens is 276 g/mol. The van der Waals surface area contributed by atoms with Gasteiger partial charge in [-0.25, -0.2) is 0 Å². The van der Waals surface area contributed by atoms with Crippen molar-refractivity contribution in [2.24, 2.45) is 5.92 Å². The molecule has 0 saturated carbocycles. The number of phenols is 1. The summed E-state index contributed by atoms with van der Waals surface area (Å²) in [6, 6.07) is 10.9. The fourth-order valence-electron chi connectivity index (χ4n) is 2.70. The zero-order valence-corrected chi connectivity index (χ0v) is 12.3. The molecule has 112 valence electrons. The van der Waals surface area contributed by atoms with Crippen LogP contribution < -0.4 is 11.1 Å². The van der Waals surface area contributed by atoms with E-state index in [2.05, 4.69) is 18.3 Å².